The molecule has 0 radical (unpaired) electrons. The first-order chi connectivity index (χ1) is 13.6. The van der Waals surface area contributed by atoms with Crippen molar-refractivity contribution in [3.05, 3.63) is 81.9 Å². The van der Waals surface area contributed by atoms with Gasteiger partial charge in [0.25, 0.3) is 0 Å². The molecule has 2 aromatic carbocycles. The second-order valence-corrected chi connectivity index (χ2v) is 6.94. The van der Waals surface area contributed by atoms with E-state index in [2.05, 4.69) is 20.4 Å². The number of para-hydroxylation sites is 1. The minimum Gasteiger partial charge on any atom is -0.250 e. The van der Waals surface area contributed by atoms with E-state index in [1.807, 2.05) is 80.1 Å². The van der Waals surface area contributed by atoms with Crippen LogP contribution in [0.4, 0.5) is 0 Å². The van der Waals surface area contributed by atoms with Crippen molar-refractivity contribution in [2.75, 3.05) is 0 Å². The summed E-state index contributed by atoms with van der Waals surface area (Å²) in [5.74, 6) is 0.685. The second-order valence-electron chi connectivity index (χ2n) is 6.56. The Bertz CT molecular complexity index is 1210. The predicted molar refractivity (Wildman–Crippen MR) is 114 cm³/mol. The number of rotatable bonds is 4. The molecule has 0 unspecified atom stereocenters. The zero-order valence-electron chi connectivity index (χ0n) is 15.9. The maximum absolute atomic E-state index is 5.39. The zero-order chi connectivity index (χ0) is 19.7. The van der Waals surface area contributed by atoms with Gasteiger partial charge in [-0.3, -0.25) is 0 Å². The van der Waals surface area contributed by atoms with Gasteiger partial charge in [0, 0.05) is 11.1 Å². The lowest BCUT2D eigenvalue weighted by atomic mass is 10.1. The molecule has 0 atom stereocenters. The Morgan fingerprint density at radius 2 is 1.71 bits per heavy atom. The zero-order valence-corrected chi connectivity index (χ0v) is 16.7. The molecule has 6 nitrogen and oxygen atoms in total. The van der Waals surface area contributed by atoms with Gasteiger partial charge in [-0.25, -0.2) is 9.78 Å². The lowest BCUT2D eigenvalue weighted by molar-refractivity contribution is 0.833. The molecule has 4 rings (SSSR count). The van der Waals surface area contributed by atoms with Crippen molar-refractivity contribution in [1.82, 2.24) is 24.7 Å². The molecule has 0 fully saturated rings. The quantitative estimate of drug-likeness (QED) is 0.410. The van der Waals surface area contributed by atoms with E-state index in [0.29, 0.717) is 10.6 Å². The molecule has 2 heterocycles. The van der Waals surface area contributed by atoms with Crippen LogP contribution < -0.4 is 0 Å². The van der Waals surface area contributed by atoms with Crippen LogP contribution in [0.3, 0.4) is 0 Å². The van der Waals surface area contributed by atoms with E-state index in [1.54, 1.807) is 10.9 Å². The number of aryl methyl sites for hydroxylation is 2. The fraction of sp³-hybridized carbons (Fsp3) is 0.143. The maximum atomic E-state index is 5.39. The molecule has 0 aliphatic rings. The lowest BCUT2D eigenvalue weighted by Gasteiger charge is -2.05. The SMILES string of the molecule is Cc1ccccc1-c1n[nH]c(=S)n1/N=C\c1c(C)nn(-c2ccccc2)c1C. The van der Waals surface area contributed by atoms with Crippen LogP contribution in [0, 0.1) is 25.5 Å². The molecule has 140 valence electrons. The van der Waals surface area contributed by atoms with Crippen molar-refractivity contribution in [3.8, 4) is 17.1 Å². The van der Waals surface area contributed by atoms with Gasteiger partial charge in [-0.2, -0.15) is 20.0 Å². The topological polar surface area (TPSA) is 63.8 Å². The normalized spacial score (nSPS) is 11.4. The number of nitrogens with zero attached hydrogens (tertiary/aromatic N) is 5. The van der Waals surface area contributed by atoms with Gasteiger partial charge in [0.05, 0.1) is 23.3 Å². The van der Waals surface area contributed by atoms with Crippen molar-refractivity contribution in [2.24, 2.45) is 5.10 Å². The van der Waals surface area contributed by atoms with E-state index in [4.69, 9.17) is 12.2 Å². The highest BCUT2D eigenvalue weighted by Crippen LogP contribution is 2.22. The molecule has 1 N–H and O–H groups in total. The van der Waals surface area contributed by atoms with Crippen molar-refractivity contribution in [1.29, 1.82) is 0 Å². The van der Waals surface area contributed by atoms with Gasteiger partial charge < -0.3 is 0 Å². The molecule has 0 bridgehead atoms. The number of hydrogen-bond donors (Lipinski definition) is 1. The molecule has 0 aliphatic heterocycles. The third-order valence-electron chi connectivity index (χ3n) is 4.69. The Balaban J connectivity index is 1.76. The standard InChI is InChI=1S/C21H20N6S/c1-14-9-7-8-12-18(14)20-23-24-21(28)27(20)22-13-19-15(2)25-26(16(19)3)17-10-5-4-6-11-17/h4-13H,1-3H3,(H,24,28)/b22-13-. The first-order valence-electron chi connectivity index (χ1n) is 8.95. The summed E-state index contributed by atoms with van der Waals surface area (Å²) in [7, 11) is 0. The number of benzene rings is 2. The summed E-state index contributed by atoms with van der Waals surface area (Å²) in [4.78, 5) is 0. The molecule has 0 spiro atoms. The van der Waals surface area contributed by atoms with Crippen LogP contribution in [0.1, 0.15) is 22.5 Å². The van der Waals surface area contributed by atoms with Crippen LogP contribution in [-0.2, 0) is 0 Å². The minimum absolute atomic E-state index is 0.445. The van der Waals surface area contributed by atoms with Crippen LogP contribution in [0.15, 0.2) is 59.7 Å². The summed E-state index contributed by atoms with van der Waals surface area (Å²) in [6.07, 6.45) is 1.80. The fourth-order valence-corrected chi connectivity index (χ4v) is 3.35. The Morgan fingerprint density at radius 3 is 2.46 bits per heavy atom. The van der Waals surface area contributed by atoms with Crippen molar-refractivity contribution in [2.45, 2.75) is 20.8 Å². The van der Waals surface area contributed by atoms with E-state index in [-0.39, 0.29) is 0 Å². The van der Waals surface area contributed by atoms with Gasteiger partial charge in [0.15, 0.2) is 5.82 Å². The molecule has 7 heteroatoms. The third kappa shape index (κ3) is 3.20. The number of hydrogen-bond acceptors (Lipinski definition) is 4. The molecule has 0 amide bonds. The van der Waals surface area contributed by atoms with Gasteiger partial charge in [-0.05, 0) is 50.7 Å². The molecule has 0 saturated heterocycles. The van der Waals surface area contributed by atoms with E-state index < -0.39 is 0 Å². The van der Waals surface area contributed by atoms with Crippen LogP contribution >= 0.6 is 12.2 Å². The second kappa shape index (κ2) is 7.36. The largest absolute Gasteiger partial charge is 0.250 e. The number of aromatic nitrogens is 5. The predicted octanol–water partition coefficient (Wildman–Crippen LogP) is 4.60. The van der Waals surface area contributed by atoms with Crippen LogP contribution in [0.2, 0.25) is 0 Å². The molecule has 4 aromatic rings. The minimum atomic E-state index is 0.445. The average Bonchev–Trinajstić information content (AvgIpc) is 3.20. The maximum Gasteiger partial charge on any atom is 0.216 e. The summed E-state index contributed by atoms with van der Waals surface area (Å²) >= 11 is 5.39. The fourth-order valence-electron chi connectivity index (χ4n) is 3.17. The molecule has 0 aliphatic carbocycles. The monoisotopic (exact) mass is 388 g/mol. The lowest BCUT2D eigenvalue weighted by Crippen LogP contribution is -2.00. The molecule has 28 heavy (non-hydrogen) atoms. The van der Waals surface area contributed by atoms with E-state index in [0.717, 1.165) is 33.8 Å². The molecule has 0 saturated carbocycles. The smallest absolute Gasteiger partial charge is 0.216 e. The molecular weight excluding hydrogens is 368 g/mol. The van der Waals surface area contributed by atoms with E-state index in [1.165, 1.54) is 0 Å². The van der Waals surface area contributed by atoms with Crippen molar-refractivity contribution < 1.29 is 0 Å². The van der Waals surface area contributed by atoms with Gasteiger partial charge in [-0.15, -0.1) is 0 Å². The third-order valence-corrected chi connectivity index (χ3v) is 4.95. The first-order valence-corrected chi connectivity index (χ1v) is 9.36. The highest BCUT2D eigenvalue weighted by molar-refractivity contribution is 7.71. The number of H-pyrrole nitrogens is 1. The summed E-state index contributed by atoms with van der Waals surface area (Å²) in [6, 6.07) is 18.1. The Labute approximate surface area is 168 Å². The van der Waals surface area contributed by atoms with E-state index >= 15 is 0 Å². The van der Waals surface area contributed by atoms with Crippen LogP contribution in [0.25, 0.3) is 17.1 Å². The highest BCUT2D eigenvalue weighted by Gasteiger charge is 2.13. The van der Waals surface area contributed by atoms with Crippen LogP contribution in [0.5, 0.6) is 0 Å². The Morgan fingerprint density at radius 1 is 1.00 bits per heavy atom. The van der Waals surface area contributed by atoms with Gasteiger partial charge >= 0.3 is 0 Å². The summed E-state index contributed by atoms with van der Waals surface area (Å²) < 4.78 is 4.02. The van der Waals surface area contributed by atoms with Crippen LogP contribution in [-0.4, -0.2) is 30.9 Å². The van der Waals surface area contributed by atoms with Crippen molar-refractivity contribution >= 4 is 18.4 Å². The number of aromatic amines is 1. The summed E-state index contributed by atoms with van der Waals surface area (Å²) in [5, 5.41) is 16.5. The Hall–Kier alpha value is -3.32. The molecule has 2 aromatic heterocycles. The van der Waals surface area contributed by atoms with Gasteiger partial charge in [0.2, 0.25) is 4.77 Å². The highest BCUT2D eigenvalue weighted by atomic mass is 32.1. The molecular formula is C21H20N6S. The van der Waals surface area contributed by atoms with Gasteiger partial charge in [-0.1, -0.05) is 42.5 Å². The Kier molecular flexibility index (Phi) is 4.75. The number of nitrogens with one attached hydrogen (secondary N) is 1. The van der Waals surface area contributed by atoms with Gasteiger partial charge in [0.1, 0.15) is 0 Å². The van der Waals surface area contributed by atoms with E-state index in [9.17, 15) is 0 Å². The first kappa shape index (κ1) is 18.1. The average molecular weight is 389 g/mol. The summed E-state index contributed by atoms with van der Waals surface area (Å²) in [6.45, 7) is 6.05. The van der Waals surface area contributed by atoms with Crippen molar-refractivity contribution in [3.63, 3.8) is 0 Å². The summed E-state index contributed by atoms with van der Waals surface area (Å²) in [5.41, 5.74) is 5.99.